The van der Waals surface area contributed by atoms with Crippen LogP contribution in [-0.2, 0) is 16.6 Å². The van der Waals surface area contributed by atoms with Gasteiger partial charge in [-0.1, -0.05) is 35.9 Å². The highest BCUT2D eigenvalue weighted by Gasteiger charge is 2.18. The number of hydrogen-bond acceptors (Lipinski definition) is 3. The molecule has 106 valence electrons. The summed E-state index contributed by atoms with van der Waals surface area (Å²) in [5.41, 5.74) is 7.89. The van der Waals surface area contributed by atoms with Crippen LogP contribution in [-0.4, -0.2) is 8.42 Å². The second kappa shape index (κ2) is 5.83. The van der Waals surface area contributed by atoms with Crippen LogP contribution in [0.2, 0.25) is 5.02 Å². The molecule has 0 heterocycles. The summed E-state index contributed by atoms with van der Waals surface area (Å²) in [6.07, 6.45) is 0. The van der Waals surface area contributed by atoms with E-state index in [4.69, 9.17) is 17.3 Å². The molecule has 0 spiro atoms. The van der Waals surface area contributed by atoms with Crippen molar-refractivity contribution in [1.29, 1.82) is 0 Å². The maximum atomic E-state index is 12.2. The Morgan fingerprint density at radius 2 is 1.90 bits per heavy atom. The van der Waals surface area contributed by atoms with Crippen molar-refractivity contribution in [2.45, 2.75) is 18.4 Å². The van der Waals surface area contributed by atoms with Gasteiger partial charge in [-0.15, -0.1) is 0 Å². The number of rotatable bonds is 4. The molecule has 0 aliphatic heterocycles. The van der Waals surface area contributed by atoms with Crippen LogP contribution in [0.15, 0.2) is 47.4 Å². The molecule has 0 aliphatic rings. The van der Waals surface area contributed by atoms with Crippen molar-refractivity contribution in [1.82, 2.24) is 4.72 Å². The van der Waals surface area contributed by atoms with Crippen molar-refractivity contribution in [3.05, 3.63) is 58.6 Å². The van der Waals surface area contributed by atoms with Crippen LogP contribution in [0, 0.1) is 6.92 Å². The summed E-state index contributed by atoms with van der Waals surface area (Å²) in [7, 11) is -3.69. The van der Waals surface area contributed by atoms with E-state index in [-0.39, 0.29) is 16.5 Å². The molecule has 2 rings (SSSR count). The highest BCUT2D eigenvalue weighted by molar-refractivity contribution is 7.89. The first-order chi connectivity index (χ1) is 9.40. The van der Waals surface area contributed by atoms with Crippen LogP contribution >= 0.6 is 11.6 Å². The molecule has 0 saturated heterocycles. The molecule has 2 aromatic carbocycles. The monoisotopic (exact) mass is 310 g/mol. The Kier molecular flexibility index (Phi) is 4.32. The summed E-state index contributed by atoms with van der Waals surface area (Å²) >= 11 is 5.92. The van der Waals surface area contributed by atoms with Crippen LogP contribution in [0.1, 0.15) is 11.1 Å². The molecule has 0 fully saturated rings. The predicted octanol–water partition coefficient (Wildman–Crippen LogP) is 2.71. The van der Waals surface area contributed by atoms with Gasteiger partial charge in [-0.3, -0.25) is 0 Å². The average molecular weight is 311 g/mol. The molecule has 0 aromatic heterocycles. The van der Waals surface area contributed by atoms with Gasteiger partial charge in [-0.2, -0.15) is 0 Å². The van der Waals surface area contributed by atoms with Gasteiger partial charge < -0.3 is 5.73 Å². The van der Waals surface area contributed by atoms with Crippen molar-refractivity contribution in [2.24, 2.45) is 0 Å². The lowest BCUT2D eigenvalue weighted by Crippen LogP contribution is -2.24. The van der Waals surface area contributed by atoms with Crippen LogP contribution in [0.5, 0.6) is 0 Å². The third-order valence-corrected chi connectivity index (χ3v) is 4.84. The van der Waals surface area contributed by atoms with E-state index in [1.165, 1.54) is 12.1 Å². The van der Waals surface area contributed by atoms with Crippen LogP contribution < -0.4 is 10.5 Å². The van der Waals surface area contributed by atoms with E-state index in [0.29, 0.717) is 5.69 Å². The zero-order valence-electron chi connectivity index (χ0n) is 10.9. The summed E-state index contributed by atoms with van der Waals surface area (Å²) in [6.45, 7) is 2.14. The molecule has 3 N–H and O–H groups in total. The second-order valence-electron chi connectivity index (χ2n) is 4.44. The largest absolute Gasteiger partial charge is 0.399 e. The number of nitrogen functional groups attached to an aromatic ring is 1. The SMILES string of the molecule is Cc1ccccc1CNS(=O)(=O)c1cc(N)ccc1Cl. The molecule has 0 amide bonds. The number of nitrogens with two attached hydrogens (primary N) is 1. The Labute approximate surface area is 123 Å². The minimum absolute atomic E-state index is 0.00671. The lowest BCUT2D eigenvalue weighted by Gasteiger charge is -2.10. The molecule has 0 aliphatic carbocycles. The number of benzene rings is 2. The van der Waals surface area contributed by atoms with Crippen LogP contribution in [0.4, 0.5) is 5.69 Å². The zero-order chi connectivity index (χ0) is 14.8. The average Bonchev–Trinajstić information content (AvgIpc) is 2.40. The lowest BCUT2D eigenvalue weighted by molar-refractivity contribution is 0.581. The van der Waals surface area contributed by atoms with E-state index >= 15 is 0 Å². The van der Waals surface area contributed by atoms with Gasteiger partial charge >= 0.3 is 0 Å². The molecule has 0 saturated carbocycles. The van der Waals surface area contributed by atoms with Gasteiger partial charge in [0, 0.05) is 12.2 Å². The Balaban J connectivity index is 2.24. The number of aryl methyl sites for hydroxylation is 1. The maximum Gasteiger partial charge on any atom is 0.242 e. The summed E-state index contributed by atoms with van der Waals surface area (Å²) in [5.74, 6) is 0. The van der Waals surface area contributed by atoms with Gasteiger partial charge in [0.15, 0.2) is 0 Å². The predicted molar refractivity (Wildman–Crippen MR) is 81.1 cm³/mol. The third-order valence-electron chi connectivity index (χ3n) is 2.96. The fraction of sp³-hybridized carbons (Fsp3) is 0.143. The normalized spacial score (nSPS) is 11.5. The number of nitrogens with one attached hydrogen (secondary N) is 1. The first kappa shape index (κ1) is 14.8. The topological polar surface area (TPSA) is 72.2 Å². The zero-order valence-corrected chi connectivity index (χ0v) is 12.5. The molecule has 2 aromatic rings. The van der Waals surface area contributed by atoms with Crippen LogP contribution in [0.25, 0.3) is 0 Å². The summed E-state index contributed by atoms with van der Waals surface area (Å²) in [4.78, 5) is -0.00671. The van der Waals surface area contributed by atoms with E-state index in [2.05, 4.69) is 4.72 Å². The highest BCUT2D eigenvalue weighted by atomic mass is 35.5. The Bertz CT molecular complexity index is 730. The molecular weight excluding hydrogens is 296 g/mol. The maximum absolute atomic E-state index is 12.2. The number of sulfonamides is 1. The highest BCUT2D eigenvalue weighted by Crippen LogP contribution is 2.23. The van der Waals surface area contributed by atoms with Gasteiger partial charge in [0.1, 0.15) is 4.90 Å². The molecule has 4 nitrogen and oxygen atoms in total. The molecule has 20 heavy (non-hydrogen) atoms. The van der Waals surface area contributed by atoms with Crippen molar-refractivity contribution in [3.63, 3.8) is 0 Å². The molecule has 0 bridgehead atoms. The van der Waals surface area contributed by atoms with Crippen molar-refractivity contribution < 1.29 is 8.42 Å². The van der Waals surface area contributed by atoms with E-state index in [1.54, 1.807) is 6.07 Å². The second-order valence-corrected chi connectivity index (χ2v) is 6.58. The van der Waals surface area contributed by atoms with E-state index in [0.717, 1.165) is 11.1 Å². The van der Waals surface area contributed by atoms with Crippen molar-refractivity contribution in [3.8, 4) is 0 Å². The fourth-order valence-electron chi connectivity index (χ4n) is 1.78. The molecule has 0 atom stereocenters. The number of halogens is 1. The number of anilines is 1. The van der Waals surface area contributed by atoms with Gasteiger partial charge in [0.05, 0.1) is 5.02 Å². The first-order valence-electron chi connectivity index (χ1n) is 5.99. The Hall–Kier alpha value is -1.56. The Morgan fingerprint density at radius 1 is 1.20 bits per heavy atom. The summed E-state index contributed by atoms with van der Waals surface area (Å²) < 4.78 is 27.0. The molecule has 0 radical (unpaired) electrons. The van der Waals surface area contributed by atoms with Gasteiger partial charge in [-0.25, -0.2) is 13.1 Å². The van der Waals surface area contributed by atoms with E-state index in [1.807, 2.05) is 31.2 Å². The molecule has 0 unspecified atom stereocenters. The smallest absolute Gasteiger partial charge is 0.242 e. The van der Waals surface area contributed by atoms with Crippen molar-refractivity contribution in [2.75, 3.05) is 5.73 Å². The summed E-state index contributed by atoms with van der Waals surface area (Å²) in [6, 6.07) is 12.0. The molecule has 6 heteroatoms. The quantitative estimate of drug-likeness (QED) is 0.853. The Morgan fingerprint density at radius 3 is 2.60 bits per heavy atom. The third kappa shape index (κ3) is 3.30. The van der Waals surface area contributed by atoms with Crippen molar-refractivity contribution >= 4 is 27.3 Å². The van der Waals surface area contributed by atoms with Gasteiger partial charge in [0.2, 0.25) is 10.0 Å². The minimum Gasteiger partial charge on any atom is -0.399 e. The van der Waals surface area contributed by atoms with Gasteiger partial charge in [-0.05, 0) is 36.2 Å². The van der Waals surface area contributed by atoms with Gasteiger partial charge in [0.25, 0.3) is 0 Å². The summed E-state index contributed by atoms with van der Waals surface area (Å²) in [5, 5.41) is 0.150. The lowest BCUT2D eigenvalue weighted by atomic mass is 10.1. The number of hydrogen-bond donors (Lipinski definition) is 2. The standard InChI is InChI=1S/C14H15ClN2O2S/c1-10-4-2-3-5-11(10)9-17-20(18,19)14-8-12(16)6-7-13(14)15/h2-8,17H,9,16H2,1H3. The first-order valence-corrected chi connectivity index (χ1v) is 7.85. The minimum atomic E-state index is -3.69. The fourth-order valence-corrected chi connectivity index (χ4v) is 3.32. The van der Waals surface area contributed by atoms with E-state index in [9.17, 15) is 8.42 Å². The van der Waals surface area contributed by atoms with Crippen LogP contribution in [0.3, 0.4) is 0 Å². The molecular formula is C14H15ClN2O2S. The van der Waals surface area contributed by atoms with E-state index < -0.39 is 10.0 Å².